The van der Waals surface area contributed by atoms with E-state index in [0.717, 1.165) is 0 Å². The molecule has 1 amide bonds. The third-order valence-corrected chi connectivity index (χ3v) is 9.67. The van der Waals surface area contributed by atoms with Crippen molar-refractivity contribution in [3.05, 3.63) is 35.9 Å². The van der Waals surface area contributed by atoms with Crippen LogP contribution in [-0.2, 0) is 9.22 Å². The number of carbonyl (C=O) groups excluding carboxylic acids is 1. The third-order valence-electron chi connectivity index (χ3n) is 5.14. The predicted molar refractivity (Wildman–Crippen MR) is 93.3 cm³/mol. The highest BCUT2D eigenvalue weighted by molar-refractivity contribution is 6.74. The van der Waals surface area contributed by atoms with E-state index in [0.29, 0.717) is 13.0 Å². The fourth-order valence-electron chi connectivity index (χ4n) is 2.66. The average molecular weight is 320 g/mol. The van der Waals surface area contributed by atoms with Crippen molar-refractivity contribution in [3.63, 3.8) is 0 Å². The molecule has 0 aliphatic carbocycles. The van der Waals surface area contributed by atoms with Crippen LogP contribution >= 0.6 is 0 Å². The van der Waals surface area contributed by atoms with Crippen LogP contribution in [0.4, 0.5) is 0 Å². The van der Waals surface area contributed by atoms with Crippen molar-refractivity contribution in [1.29, 1.82) is 0 Å². The zero-order valence-corrected chi connectivity index (χ0v) is 15.7. The molecular weight excluding hydrogens is 290 g/mol. The number of carbonyl (C=O) groups is 1. The van der Waals surface area contributed by atoms with Gasteiger partial charge in [0, 0.05) is 6.54 Å². The highest BCUT2D eigenvalue weighted by Gasteiger charge is 2.42. The number of nitrogens with zero attached hydrogens (tertiary/aromatic N) is 1. The summed E-state index contributed by atoms with van der Waals surface area (Å²) in [5, 5.41) is 0.175. The van der Waals surface area contributed by atoms with Gasteiger partial charge in [0.2, 0.25) is 5.91 Å². The molecule has 1 fully saturated rings. The maximum Gasteiger partial charge on any atom is 0.225 e. The lowest BCUT2D eigenvalue weighted by Crippen LogP contribution is -2.44. The summed E-state index contributed by atoms with van der Waals surface area (Å²) in [5.74, 6) is 0.208. The van der Waals surface area contributed by atoms with Gasteiger partial charge in [-0.05, 0) is 30.6 Å². The van der Waals surface area contributed by atoms with E-state index in [2.05, 4.69) is 52.9 Å². The van der Waals surface area contributed by atoms with Gasteiger partial charge in [0.1, 0.15) is 0 Å². The molecule has 1 aliphatic rings. The monoisotopic (exact) mass is 319 g/mol. The SMILES string of the molecule is C[C@H](c1ccccc1)N1C[C@@H](O[Si](C)(C)C(C)(C)C)CC1=O. The number of amides is 1. The molecular formula is C18H29NO2Si. The molecule has 1 aliphatic heterocycles. The Morgan fingerprint density at radius 2 is 1.82 bits per heavy atom. The predicted octanol–water partition coefficient (Wildman–Crippen LogP) is 4.37. The van der Waals surface area contributed by atoms with Gasteiger partial charge in [0.25, 0.3) is 0 Å². The first-order valence-electron chi connectivity index (χ1n) is 8.14. The Bertz CT molecular complexity index is 522. The van der Waals surface area contributed by atoms with Gasteiger partial charge in [-0.15, -0.1) is 0 Å². The zero-order valence-electron chi connectivity index (χ0n) is 14.7. The summed E-state index contributed by atoms with van der Waals surface area (Å²) < 4.78 is 6.43. The van der Waals surface area contributed by atoms with Gasteiger partial charge >= 0.3 is 0 Å². The van der Waals surface area contributed by atoms with E-state index in [4.69, 9.17) is 4.43 Å². The third kappa shape index (κ3) is 3.61. The molecule has 0 saturated carbocycles. The molecule has 3 nitrogen and oxygen atoms in total. The fraction of sp³-hybridized carbons (Fsp3) is 0.611. The van der Waals surface area contributed by atoms with Crippen molar-refractivity contribution in [1.82, 2.24) is 4.90 Å². The molecule has 2 atom stereocenters. The van der Waals surface area contributed by atoms with Crippen LogP contribution in [0.15, 0.2) is 30.3 Å². The van der Waals surface area contributed by atoms with Gasteiger partial charge in [-0.3, -0.25) is 4.79 Å². The topological polar surface area (TPSA) is 29.5 Å². The first kappa shape index (κ1) is 17.2. The zero-order chi connectivity index (χ0) is 16.5. The van der Waals surface area contributed by atoms with E-state index >= 15 is 0 Å². The Morgan fingerprint density at radius 3 is 2.36 bits per heavy atom. The van der Waals surface area contributed by atoms with E-state index < -0.39 is 8.32 Å². The Morgan fingerprint density at radius 1 is 1.23 bits per heavy atom. The van der Waals surface area contributed by atoms with Crippen LogP contribution in [0.1, 0.15) is 45.7 Å². The largest absolute Gasteiger partial charge is 0.412 e. The lowest BCUT2D eigenvalue weighted by Gasteiger charge is -2.38. The van der Waals surface area contributed by atoms with E-state index in [-0.39, 0.29) is 23.1 Å². The van der Waals surface area contributed by atoms with Gasteiger partial charge in [0.05, 0.1) is 18.6 Å². The van der Waals surface area contributed by atoms with Crippen LogP contribution in [0.3, 0.4) is 0 Å². The Balaban J connectivity index is 2.05. The molecule has 1 aromatic carbocycles. The summed E-state index contributed by atoms with van der Waals surface area (Å²) in [6.45, 7) is 14.0. The van der Waals surface area contributed by atoms with Crippen LogP contribution in [0, 0.1) is 0 Å². The minimum atomic E-state index is -1.82. The summed E-state index contributed by atoms with van der Waals surface area (Å²) in [6.07, 6.45) is 0.559. The summed E-state index contributed by atoms with van der Waals surface area (Å²) in [6, 6.07) is 10.3. The van der Waals surface area contributed by atoms with E-state index in [9.17, 15) is 4.79 Å². The molecule has 0 spiro atoms. The number of hydrogen-bond acceptors (Lipinski definition) is 2. The van der Waals surface area contributed by atoms with Crippen molar-refractivity contribution in [2.45, 2.75) is 64.4 Å². The lowest BCUT2D eigenvalue weighted by atomic mass is 10.1. The average Bonchev–Trinajstić information content (AvgIpc) is 2.77. The first-order valence-corrected chi connectivity index (χ1v) is 11.0. The molecule has 1 heterocycles. The van der Waals surface area contributed by atoms with Crippen molar-refractivity contribution in [2.24, 2.45) is 0 Å². The second-order valence-electron chi connectivity index (χ2n) is 7.84. The second kappa shape index (κ2) is 6.17. The molecule has 0 unspecified atom stereocenters. The fourth-order valence-corrected chi connectivity index (χ4v) is 4.00. The van der Waals surface area contributed by atoms with E-state index in [1.165, 1.54) is 5.56 Å². The maximum absolute atomic E-state index is 12.4. The highest BCUT2D eigenvalue weighted by atomic mass is 28.4. The van der Waals surface area contributed by atoms with E-state index in [1.54, 1.807) is 0 Å². The van der Waals surface area contributed by atoms with Crippen molar-refractivity contribution >= 4 is 14.2 Å². The van der Waals surface area contributed by atoms with Gasteiger partial charge in [0.15, 0.2) is 8.32 Å². The Labute approximate surface area is 135 Å². The molecule has 122 valence electrons. The quantitative estimate of drug-likeness (QED) is 0.771. The number of hydrogen-bond donors (Lipinski definition) is 0. The smallest absolute Gasteiger partial charge is 0.225 e. The molecule has 2 rings (SSSR count). The number of rotatable bonds is 4. The van der Waals surface area contributed by atoms with E-state index in [1.807, 2.05) is 23.1 Å². The lowest BCUT2D eigenvalue weighted by molar-refractivity contribution is -0.129. The first-order chi connectivity index (χ1) is 10.1. The molecule has 0 bridgehead atoms. The molecule has 0 radical (unpaired) electrons. The van der Waals surface area contributed by atoms with Crippen molar-refractivity contribution in [3.8, 4) is 0 Å². The molecule has 0 N–H and O–H groups in total. The minimum absolute atomic E-state index is 0.0413. The van der Waals surface area contributed by atoms with Gasteiger partial charge in [-0.1, -0.05) is 51.1 Å². The maximum atomic E-state index is 12.4. The summed E-state index contributed by atoms with van der Waals surface area (Å²) in [5.41, 5.74) is 1.18. The standard InChI is InChI=1S/C18H29NO2Si/c1-14(15-10-8-7-9-11-15)19-13-16(12-17(19)20)21-22(5,6)18(2,3)4/h7-11,14,16H,12-13H2,1-6H3/t14-,16+/m1/s1. The van der Waals surface area contributed by atoms with Gasteiger partial charge < -0.3 is 9.33 Å². The normalized spacial score (nSPS) is 21.3. The van der Waals surface area contributed by atoms with Crippen LogP contribution < -0.4 is 0 Å². The molecule has 0 aromatic heterocycles. The number of likely N-dealkylation sites (tertiary alicyclic amines) is 1. The summed E-state index contributed by atoms with van der Waals surface area (Å²) in [7, 11) is -1.82. The van der Waals surface area contributed by atoms with Crippen molar-refractivity contribution < 1.29 is 9.22 Å². The van der Waals surface area contributed by atoms with Gasteiger partial charge in [-0.25, -0.2) is 0 Å². The highest BCUT2D eigenvalue weighted by Crippen LogP contribution is 2.39. The molecule has 22 heavy (non-hydrogen) atoms. The number of benzene rings is 1. The summed E-state index contributed by atoms with van der Waals surface area (Å²) >= 11 is 0. The van der Waals surface area contributed by atoms with Crippen LogP contribution in [0.5, 0.6) is 0 Å². The Kier molecular flexibility index (Phi) is 4.83. The molecule has 4 heteroatoms. The molecule has 1 saturated heterocycles. The van der Waals surface area contributed by atoms with Crippen LogP contribution in [0.25, 0.3) is 0 Å². The minimum Gasteiger partial charge on any atom is -0.412 e. The van der Waals surface area contributed by atoms with Gasteiger partial charge in [-0.2, -0.15) is 0 Å². The Hall–Kier alpha value is -1.13. The van der Waals surface area contributed by atoms with Crippen LogP contribution in [0.2, 0.25) is 18.1 Å². The molecule has 1 aromatic rings. The van der Waals surface area contributed by atoms with Crippen LogP contribution in [-0.4, -0.2) is 31.8 Å². The van der Waals surface area contributed by atoms with Crippen molar-refractivity contribution in [2.75, 3.05) is 6.54 Å². The summed E-state index contributed by atoms with van der Waals surface area (Å²) in [4.78, 5) is 14.4. The second-order valence-corrected chi connectivity index (χ2v) is 12.6.